The molecule has 37 heavy (non-hydrogen) atoms. The van der Waals surface area contributed by atoms with Crippen molar-refractivity contribution in [1.82, 2.24) is 20.3 Å². The molecule has 12 nitrogen and oxygen atoms in total. The summed E-state index contributed by atoms with van der Waals surface area (Å²) < 4.78 is 31.6. The maximum Gasteiger partial charge on any atom is 0.408 e. The van der Waals surface area contributed by atoms with Crippen molar-refractivity contribution in [3.63, 3.8) is 0 Å². The second-order valence-electron chi connectivity index (χ2n) is 11.6. The molecule has 0 aromatic carbocycles. The Kier molecular flexibility index (Phi) is 9.40. The van der Waals surface area contributed by atoms with Crippen LogP contribution in [0.4, 0.5) is 4.79 Å². The first kappa shape index (κ1) is 30.6. The van der Waals surface area contributed by atoms with Crippen LogP contribution in [0, 0.1) is 5.41 Å². The van der Waals surface area contributed by atoms with E-state index in [2.05, 4.69) is 17.2 Å². The molecule has 0 radical (unpaired) electrons. The Morgan fingerprint density at radius 1 is 1.11 bits per heavy atom. The topological polar surface area (TPSA) is 171 Å². The van der Waals surface area contributed by atoms with Crippen LogP contribution in [0.3, 0.4) is 0 Å². The van der Waals surface area contributed by atoms with Crippen molar-refractivity contribution >= 4 is 33.8 Å². The second kappa shape index (κ2) is 11.4. The molecule has 1 saturated carbocycles. The van der Waals surface area contributed by atoms with E-state index in [9.17, 15) is 32.7 Å². The molecule has 0 aromatic rings. The van der Waals surface area contributed by atoms with Crippen molar-refractivity contribution in [1.29, 1.82) is 0 Å². The molecule has 210 valence electrons. The van der Waals surface area contributed by atoms with E-state index >= 15 is 0 Å². The Hall–Kier alpha value is -2.67. The predicted molar refractivity (Wildman–Crippen MR) is 136 cm³/mol. The number of nitrogens with one attached hydrogen (secondary N) is 3. The van der Waals surface area contributed by atoms with E-state index in [1.54, 1.807) is 41.5 Å². The van der Waals surface area contributed by atoms with Gasteiger partial charge in [0.15, 0.2) is 0 Å². The van der Waals surface area contributed by atoms with E-state index in [-0.39, 0.29) is 19.4 Å². The molecule has 1 saturated heterocycles. The van der Waals surface area contributed by atoms with Gasteiger partial charge < -0.3 is 25.4 Å². The van der Waals surface area contributed by atoms with E-state index in [1.807, 2.05) is 4.72 Å². The molecule has 0 spiro atoms. The normalized spacial score (nSPS) is 22.0. The van der Waals surface area contributed by atoms with Crippen molar-refractivity contribution in [3.8, 4) is 0 Å². The highest BCUT2D eigenvalue weighted by atomic mass is 32.2. The number of carbonyl (C=O) groups is 4. The third kappa shape index (κ3) is 8.70. The molecule has 1 aliphatic carbocycles. The minimum absolute atomic E-state index is 0.0498. The fraction of sp³-hybridized carbons (Fsp3) is 0.750. The average molecular weight is 545 g/mol. The van der Waals surface area contributed by atoms with Crippen LogP contribution in [0.5, 0.6) is 0 Å². The summed E-state index contributed by atoms with van der Waals surface area (Å²) in [6.07, 6.45) is 0.329. The largest absolute Gasteiger partial charge is 0.444 e. The third-order valence-electron chi connectivity index (χ3n) is 5.88. The van der Waals surface area contributed by atoms with Gasteiger partial charge in [0.2, 0.25) is 21.8 Å². The van der Waals surface area contributed by atoms with Crippen molar-refractivity contribution in [2.24, 2.45) is 5.41 Å². The lowest BCUT2D eigenvalue weighted by molar-refractivity contribution is -0.142. The summed E-state index contributed by atoms with van der Waals surface area (Å²) in [5.41, 5.74) is -1.57. The van der Waals surface area contributed by atoms with Gasteiger partial charge in [-0.25, -0.2) is 13.2 Å². The number of sulfonamides is 1. The molecule has 2 fully saturated rings. The first-order chi connectivity index (χ1) is 16.9. The molecule has 4 atom stereocenters. The number of carbonyl (C=O) groups excluding carboxylic acids is 4. The van der Waals surface area contributed by atoms with Gasteiger partial charge in [-0.1, -0.05) is 26.8 Å². The van der Waals surface area contributed by atoms with Gasteiger partial charge >= 0.3 is 6.09 Å². The lowest BCUT2D eigenvalue weighted by Gasteiger charge is -2.35. The fourth-order valence-electron chi connectivity index (χ4n) is 3.88. The van der Waals surface area contributed by atoms with Gasteiger partial charge in [-0.2, -0.15) is 0 Å². The van der Waals surface area contributed by atoms with Crippen molar-refractivity contribution in [3.05, 3.63) is 12.7 Å². The van der Waals surface area contributed by atoms with Gasteiger partial charge in [0, 0.05) is 13.0 Å². The van der Waals surface area contributed by atoms with Crippen LogP contribution in [0.2, 0.25) is 0 Å². The lowest BCUT2D eigenvalue weighted by atomic mass is 9.85. The van der Waals surface area contributed by atoms with Gasteiger partial charge in [-0.3, -0.25) is 19.1 Å². The second-order valence-corrected chi connectivity index (χ2v) is 13.6. The number of amides is 4. The molecule has 1 unspecified atom stereocenters. The zero-order valence-electron chi connectivity index (χ0n) is 22.4. The van der Waals surface area contributed by atoms with Crippen LogP contribution >= 0.6 is 0 Å². The molecule has 4 amide bonds. The van der Waals surface area contributed by atoms with E-state index in [1.165, 1.54) is 6.08 Å². The number of ether oxygens (including phenoxy) is 1. The zero-order valence-corrected chi connectivity index (χ0v) is 23.2. The number of nitrogens with zero attached hydrogens (tertiary/aromatic N) is 1. The van der Waals surface area contributed by atoms with Crippen molar-refractivity contribution in [2.75, 3.05) is 6.54 Å². The Labute approximate surface area is 218 Å². The first-order valence-corrected chi connectivity index (χ1v) is 13.8. The number of alkyl carbamates (subject to hydrolysis) is 1. The number of β-amino-alcohol motifs (C(OH)–C–C–N with tert-alkyl or cyclic N) is 1. The summed E-state index contributed by atoms with van der Waals surface area (Å²) in [5, 5.41) is 14.7. The average Bonchev–Trinajstić information content (AvgIpc) is 3.51. The van der Waals surface area contributed by atoms with Gasteiger partial charge in [-0.15, -0.1) is 6.58 Å². The molecular weight excluding hydrogens is 504 g/mol. The molecule has 0 aromatic heterocycles. The number of hydrogen-bond acceptors (Lipinski definition) is 8. The van der Waals surface area contributed by atoms with Crippen molar-refractivity contribution in [2.45, 2.75) is 102 Å². The number of rotatable bonds is 9. The Bertz CT molecular complexity index is 1010. The summed E-state index contributed by atoms with van der Waals surface area (Å²) in [5.74, 6) is -2.24. The molecule has 0 bridgehead atoms. The summed E-state index contributed by atoms with van der Waals surface area (Å²) >= 11 is 0. The summed E-state index contributed by atoms with van der Waals surface area (Å²) in [6.45, 7) is 13.7. The van der Waals surface area contributed by atoms with Crippen LogP contribution in [0.25, 0.3) is 0 Å². The SMILES string of the molecule is C=CCC(NC(=O)[C@@H]1C[C@@H](O)CN1C(=O)[C@@H](NC(=O)OC(C)(C)C)C(C)(C)C)C(=O)NS(=O)(=O)C1CC1. The quantitative estimate of drug-likeness (QED) is 0.305. The summed E-state index contributed by atoms with van der Waals surface area (Å²) in [6, 6.07) is -3.47. The third-order valence-corrected chi connectivity index (χ3v) is 7.71. The van der Waals surface area contributed by atoms with Crippen LogP contribution in [0.1, 0.15) is 67.2 Å². The molecular formula is C24H40N4O8S. The predicted octanol–water partition coefficient (Wildman–Crippen LogP) is 0.557. The highest BCUT2D eigenvalue weighted by Crippen LogP contribution is 2.28. The van der Waals surface area contributed by atoms with E-state index < -0.39 is 74.3 Å². The molecule has 2 rings (SSSR count). The molecule has 2 aliphatic rings. The minimum Gasteiger partial charge on any atom is -0.444 e. The Morgan fingerprint density at radius 3 is 2.19 bits per heavy atom. The zero-order chi connectivity index (χ0) is 28.3. The summed E-state index contributed by atoms with van der Waals surface area (Å²) in [4.78, 5) is 53.0. The molecule has 4 N–H and O–H groups in total. The first-order valence-electron chi connectivity index (χ1n) is 12.3. The van der Waals surface area contributed by atoms with Gasteiger partial charge in [0.1, 0.15) is 23.7 Å². The minimum atomic E-state index is -3.83. The monoisotopic (exact) mass is 544 g/mol. The standard InChI is InChI=1S/C24H40N4O8S/c1-8-9-16(19(30)27-37(34,35)15-10-11-15)25-20(31)17-12-14(29)13-28(17)21(32)18(23(2,3)4)26-22(33)36-24(5,6)7/h8,14-18,29H,1,9-13H2,2-7H3,(H,25,31)(H,26,33)(H,27,30)/t14-,16?,17+,18-/m1/s1. The van der Waals surface area contributed by atoms with Crippen LogP contribution in [-0.2, 0) is 29.1 Å². The van der Waals surface area contributed by atoms with Gasteiger partial charge in [0.25, 0.3) is 5.91 Å². The Balaban J connectivity index is 2.20. The maximum absolute atomic E-state index is 13.6. The van der Waals surface area contributed by atoms with E-state index in [0.29, 0.717) is 12.8 Å². The number of likely N-dealkylation sites (tertiary alicyclic amines) is 1. The molecule has 1 aliphatic heterocycles. The Morgan fingerprint density at radius 2 is 1.70 bits per heavy atom. The smallest absolute Gasteiger partial charge is 0.408 e. The maximum atomic E-state index is 13.6. The molecule has 1 heterocycles. The van der Waals surface area contributed by atoms with Crippen LogP contribution < -0.4 is 15.4 Å². The highest BCUT2D eigenvalue weighted by molar-refractivity contribution is 7.90. The summed E-state index contributed by atoms with van der Waals surface area (Å²) in [7, 11) is -3.83. The number of aliphatic hydroxyl groups is 1. The van der Waals surface area contributed by atoms with Crippen LogP contribution in [-0.4, -0.2) is 83.9 Å². The number of hydrogen-bond donors (Lipinski definition) is 4. The lowest BCUT2D eigenvalue weighted by Crippen LogP contribution is -2.59. The molecule has 13 heteroatoms. The fourth-order valence-corrected chi connectivity index (χ4v) is 5.23. The highest BCUT2D eigenvalue weighted by Gasteiger charge is 2.46. The van der Waals surface area contributed by atoms with Crippen molar-refractivity contribution < 1.29 is 37.4 Å². The van der Waals surface area contributed by atoms with E-state index in [0.717, 1.165) is 4.90 Å². The number of aliphatic hydroxyl groups excluding tert-OH is 1. The van der Waals surface area contributed by atoms with Gasteiger partial charge in [0.05, 0.1) is 11.4 Å². The van der Waals surface area contributed by atoms with Crippen LogP contribution in [0.15, 0.2) is 12.7 Å². The van der Waals surface area contributed by atoms with Gasteiger partial charge in [-0.05, 0) is 45.4 Å². The van der Waals surface area contributed by atoms with E-state index in [4.69, 9.17) is 4.74 Å².